The van der Waals surface area contributed by atoms with E-state index in [4.69, 9.17) is 0 Å². The van der Waals surface area contributed by atoms with E-state index in [1.165, 1.54) is 19.3 Å². The molecule has 2 aliphatic rings. The third-order valence-electron chi connectivity index (χ3n) is 4.73. The molecule has 2 atom stereocenters. The van der Waals surface area contributed by atoms with Crippen LogP contribution in [0.1, 0.15) is 50.9 Å². The number of nitrogens with one attached hydrogen (secondary N) is 1. The molecule has 2 fully saturated rings. The van der Waals surface area contributed by atoms with Gasteiger partial charge in [0, 0.05) is 19.6 Å². The molecule has 1 aromatic rings. The highest BCUT2D eigenvalue weighted by molar-refractivity contribution is 5.75. The molecule has 2 amide bonds. The highest BCUT2D eigenvalue weighted by atomic mass is 16.2. The number of carbonyl (C=O) groups excluding carboxylic acids is 1. The standard InChI is InChI=1S/C14H23N5O/c1-10(13-17-15-9-18(13)2)16-14(20)19-8-4-7-12(19)11-5-3-6-11/h9-12H,3-8H2,1-2H3,(H,16,20)/t10-,12-/m1/s1. The Morgan fingerprint density at radius 3 is 2.80 bits per heavy atom. The number of hydrogen-bond donors (Lipinski definition) is 1. The van der Waals surface area contributed by atoms with Gasteiger partial charge in [-0.3, -0.25) is 0 Å². The van der Waals surface area contributed by atoms with Crippen molar-refractivity contribution in [3.05, 3.63) is 12.2 Å². The number of aryl methyl sites for hydroxylation is 1. The monoisotopic (exact) mass is 277 g/mol. The fourth-order valence-electron chi connectivity index (χ4n) is 3.38. The Labute approximate surface area is 119 Å². The maximum absolute atomic E-state index is 12.5. The Morgan fingerprint density at radius 1 is 1.40 bits per heavy atom. The van der Waals surface area contributed by atoms with Crippen molar-refractivity contribution in [2.45, 2.75) is 51.1 Å². The van der Waals surface area contributed by atoms with Crippen molar-refractivity contribution in [1.29, 1.82) is 0 Å². The van der Waals surface area contributed by atoms with Crippen LogP contribution >= 0.6 is 0 Å². The smallest absolute Gasteiger partial charge is 0.318 e. The molecule has 0 aromatic carbocycles. The van der Waals surface area contributed by atoms with Gasteiger partial charge in [-0.2, -0.15) is 0 Å². The van der Waals surface area contributed by atoms with E-state index < -0.39 is 0 Å². The van der Waals surface area contributed by atoms with Crippen LogP contribution < -0.4 is 5.32 Å². The van der Waals surface area contributed by atoms with Crippen LogP contribution in [-0.2, 0) is 7.05 Å². The van der Waals surface area contributed by atoms with Gasteiger partial charge < -0.3 is 14.8 Å². The van der Waals surface area contributed by atoms with E-state index in [9.17, 15) is 4.79 Å². The second-order valence-corrected chi connectivity index (χ2v) is 6.07. The molecular formula is C14H23N5O. The molecule has 1 N–H and O–H groups in total. The van der Waals surface area contributed by atoms with Crippen molar-refractivity contribution in [2.75, 3.05) is 6.54 Å². The fraction of sp³-hybridized carbons (Fsp3) is 0.786. The molecule has 3 rings (SSSR count). The zero-order chi connectivity index (χ0) is 14.1. The van der Waals surface area contributed by atoms with E-state index in [-0.39, 0.29) is 12.1 Å². The first-order valence-electron chi connectivity index (χ1n) is 7.58. The lowest BCUT2D eigenvalue weighted by Gasteiger charge is -2.37. The Kier molecular flexibility index (Phi) is 3.63. The molecule has 0 radical (unpaired) electrons. The molecule has 0 bridgehead atoms. The van der Waals surface area contributed by atoms with E-state index in [2.05, 4.69) is 15.5 Å². The van der Waals surface area contributed by atoms with Gasteiger partial charge in [0.05, 0.1) is 6.04 Å². The highest BCUT2D eigenvalue weighted by Gasteiger charge is 2.37. The zero-order valence-corrected chi connectivity index (χ0v) is 12.2. The number of rotatable bonds is 3. The second-order valence-electron chi connectivity index (χ2n) is 6.07. The van der Waals surface area contributed by atoms with Crippen LogP contribution in [0, 0.1) is 5.92 Å². The minimum Gasteiger partial charge on any atom is -0.328 e. The van der Waals surface area contributed by atoms with Crippen LogP contribution in [0.4, 0.5) is 4.79 Å². The first kappa shape index (κ1) is 13.4. The summed E-state index contributed by atoms with van der Waals surface area (Å²) < 4.78 is 1.85. The average Bonchev–Trinajstić information content (AvgIpc) is 2.95. The normalized spacial score (nSPS) is 24.5. The molecule has 20 heavy (non-hydrogen) atoms. The van der Waals surface area contributed by atoms with Crippen molar-refractivity contribution in [3.63, 3.8) is 0 Å². The van der Waals surface area contributed by atoms with Crippen LogP contribution in [0.5, 0.6) is 0 Å². The minimum atomic E-state index is -0.113. The van der Waals surface area contributed by atoms with Crippen molar-refractivity contribution in [1.82, 2.24) is 25.0 Å². The first-order valence-corrected chi connectivity index (χ1v) is 7.58. The Morgan fingerprint density at radius 2 is 2.20 bits per heavy atom. The number of aromatic nitrogens is 3. The van der Waals surface area contributed by atoms with Gasteiger partial charge in [-0.1, -0.05) is 6.42 Å². The lowest BCUT2D eigenvalue weighted by Crippen LogP contribution is -2.47. The highest BCUT2D eigenvalue weighted by Crippen LogP contribution is 2.37. The summed E-state index contributed by atoms with van der Waals surface area (Å²) in [5.41, 5.74) is 0. The quantitative estimate of drug-likeness (QED) is 0.917. The van der Waals surface area contributed by atoms with E-state index in [1.807, 2.05) is 23.4 Å². The summed E-state index contributed by atoms with van der Waals surface area (Å²) in [6, 6.07) is 0.392. The molecule has 2 heterocycles. The summed E-state index contributed by atoms with van der Waals surface area (Å²) in [5, 5.41) is 11.0. The van der Waals surface area contributed by atoms with Crippen LogP contribution in [0.3, 0.4) is 0 Å². The van der Waals surface area contributed by atoms with Crippen LogP contribution in [-0.4, -0.2) is 38.3 Å². The SMILES string of the molecule is C[C@@H](NC(=O)N1CCC[C@@H]1C1CCC1)c1nncn1C. The molecule has 110 valence electrons. The summed E-state index contributed by atoms with van der Waals surface area (Å²) in [6.07, 6.45) is 7.85. The average molecular weight is 277 g/mol. The number of amides is 2. The van der Waals surface area contributed by atoms with E-state index >= 15 is 0 Å². The zero-order valence-electron chi connectivity index (χ0n) is 12.2. The third-order valence-corrected chi connectivity index (χ3v) is 4.73. The van der Waals surface area contributed by atoms with Gasteiger partial charge in [0.1, 0.15) is 6.33 Å². The van der Waals surface area contributed by atoms with Gasteiger partial charge in [-0.25, -0.2) is 4.79 Å². The van der Waals surface area contributed by atoms with Gasteiger partial charge in [0.15, 0.2) is 5.82 Å². The molecule has 1 saturated carbocycles. The number of hydrogen-bond acceptors (Lipinski definition) is 3. The number of likely N-dealkylation sites (tertiary alicyclic amines) is 1. The lowest BCUT2D eigenvalue weighted by atomic mass is 9.79. The molecule has 6 nitrogen and oxygen atoms in total. The summed E-state index contributed by atoms with van der Waals surface area (Å²) >= 11 is 0. The van der Waals surface area contributed by atoms with E-state index in [1.54, 1.807) is 6.33 Å². The number of urea groups is 1. The summed E-state index contributed by atoms with van der Waals surface area (Å²) in [5.74, 6) is 1.52. The Balaban J connectivity index is 1.62. The van der Waals surface area contributed by atoms with Crippen LogP contribution in [0.25, 0.3) is 0 Å². The van der Waals surface area contributed by atoms with E-state index in [0.29, 0.717) is 6.04 Å². The van der Waals surface area contributed by atoms with Gasteiger partial charge in [0.2, 0.25) is 0 Å². The second kappa shape index (κ2) is 5.42. The largest absolute Gasteiger partial charge is 0.328 e. The Hall–Kier alpha value is -1.59. The first-order chi connectivity index (χ1) is 9.66. The summed E-state index contributed by atoms with van der Waals surface area (Å²) in [6.45, 7) is 2.84. The van der Waals surface area contributed by atoms with Crippen LogP contribution in [0.2, 0.25) is 0 Å². The molecule has 1 aliphatic carbocycles. The molecule has 1 aromatic heterocycles. The van der Waals surface area contributed by atoms with Crippen molar-refractivity contribution >= 4 is 6.03 Å². The van der Waals surface area contributed by atoms with Gasteiger partial charge in [-0.15, -0.1) is 10.2 Å². The lowest BCUT2D eigenvalue weighted by molar-refractivity contribution is 0.137. The molecule has 1 saturated heterocycles. The van der Waals surface area contributed by atoms with Crippen molar-refractivity contribution < 1.29 is 4.79 Å². The minimum absolute atomic E-state index is 0.0508. The number of nitrogens with zero attached hydrogens (tertiary/aromatic N) is 4. The number of carbonyl (C=O) groups is 1. The van der Waals surface area contributed by atoms with Crippen LogP contribution in [0.15, 0.2) is 6.33 Å². The molecule has 6 heteroatoms. The maximum atomic E-state index is 12.5. The predicted octanol–water partition coefficient (Wildman–Crippen LogP) is 1.85. The topological polar surface area (TPSA) is 63.1 Å². The molecule has 0 spiro atoms. The van der Waals surface area contributed by atoms with Crippen molar-refractivity contribution in [2.24, 2.45) is 13.0 Å². The van der Waals surface area contributed by atoms with Crippen molar-refractivity contribution in [3.8, 4) is 0 Å². The summed E-state index contributed by atoms with van der Waals surface area (Å²) in [7, 11) is 1.89. The fourth-order valence-corrected chi connectivity index (χ4v) is 3.38. The molecule has 0 unspecified atom stereocenters. The molecule has 1 aliphatic heterocycles. The summed E-state index contributed by atoms with van der Waals surface area (Å²) in [4.78, 5) is 14.5. The van der Waals surface area contributed by atoms with Gasteiger partial charge >= 0.3 is 6.03 Å². The predicted molar refractivity (Wildman–Crippen MR) is 75.0 cm³/mol. The maximum Gasteiger partial charge on any atom is 0.318 e. The van der Waals surface area contributed by atoms with E-state index in [0.717, 1.165) is 31.1 Å². The van der Waals surface area contributed by atoms with Gasteiger partial charge in [0.25, 0.3) is 0 Å². The van der Waals surface area contributed by atoms with Gasteiger partial charge in [-0.05, 0) is 38.5 Å². The Bertz CT molecular complexity index is 482. The third kappa shape index (κ3) is 2.39. The molecular weight excluding hydrogens is 254 g/mol.